The second kappa shape index (κ2) is 9.56. The van der Waals surface area contributed by atoms with Gasteiger partial charge in [0.25, 0.3) is 5.91 Å². The first-order valence-corrected chi connectivity index (χ1v) is 9.50. The van der Waals surface area contributed by atoms with E-state index in [-0.39, 0.29) is 31.0 Å². The van der Waals surface area contributed by atoms with Crippen LogP contribution in [0.1, 0.15) is 15.9 Å². The molecular formula is C20H20Cl2FNO4. The van der Waals surface area contributed by atoms with E-state index in [4.69, 9.17) is 37.4 Å². The predicted molar refractivity (Wildman–Crippen MR) is 105 cm³/mol. The molecule has 150 valence electrons. The van der Waals surface area contributed by atoms with Crippen molar-refractivity contribution in [2.45, 2.75) is 12.7 Å². The number of benzene rings is 2. The minimum Gasteiger partial charge on any atom is -0.494 e. The van der Waals surface area contributed by atoms with Crippen molar-refractivity contribution in [3.8, 4) is 5.75 Å². The number of carbonyl (C=O) groups is 1. The average Bonchev–Trinajstić information content (AvgIpc) is 2.70. The first-order chi connectivity index (χ1) is 13.5. The van der Waals surface area contributed by atoms with Crippen molar-refractivity contribution in [2.24, 2.45) is 0 Å². The molecule has 28 heavy (non-hydrogen) atoms. The largest absolute Gasteiger partial charge is 0.494 e. The lowest BCUT2D eigenvalue weighted by atomic mass is 10.1. The molecule has 1 amide bonds. The van der Waals surface area contributed by atoms with Gasteiger partial charge in [0.2, 0.25) is 0 Å². The van der Waals surface area contributed by atoms with Crippen molar-refractivity contribution in [1.29, 1.82) is 0 Å². The zero-order valence-corrected chi connectivity index (χ0v) is 16.8. The lowest BCUT2D eigenvalue weighted by Gasteiger charge is -2.33. The second-order valence-corrected chi connectivity index (χ2v) is 7.12. The maximum atomic E-state index is 13.6. The van der Waals surface area contributed by atoms with Gasteiger partial charge in [0.1, 0.15) is 0 Å². The van der Waals surface area contributed by atoms with Crippen molar-refractivity contribution in [1.82, 2.24) is 4.90 Å². The summed E-state index contributed by atoms with van der Waals surface area (Å²) in [5, 5.41) is 1.08. The van der Waals surface area contributed by atoms with Gasteiger partial charge in [-0.3, -0.25) is 4.79 Å². The van der Waals surface area contributed by atoms with Crippen molar-refractivity contribution in [3.05, 3.63) is 63.4 Å². The van der Waals surface area contributed by atoms with E-state index in [2.05, 4.69) is 0 Å². The second-order valence-electron chi connectivity index (χ2n) is 6.31. The van der Waals surface area contributed by atoms with Gasteiger partial charge in [-0.05, 0) is 30.3 Å². The fourth-order valence-electron chi connectivity index (χ4n) is 2.94. The summed E-state index contributed by atoms with van der Waals surface area (Å²) in [7, 11) is 1.36. The molecular weight excluding hydrogens is 408 g/mol. The molecule has 8 heteroatoms. The zero-order chi connectivity index (χ0) is 20.1. The molecule has 1 saturated heterocycles. The van der Waals surface area contributed by atoms with Gasteiger partial charge in [-0.25, -0.2) is 4.39 Å². The SMILES string of the molecule is COc1cc(C(=O)N2CCOC(COCc3c(Cl)cccc3Cl)C2)ccc1F. The third-order valence-electron chi connectivity index (χ3n) is 4.44. The van der Waals surface area contributed by atoms with E-state index in [0.717, 1.165) is 0 Å². The van der Waals surface area contributed by atoms with Gasteiger partial charge in [0, 0.05) is 34.3 Å². The van der Waals surface area contributed by atoms with E-state index in [1.807, 2.05) is 0 Å². The summed E-state index contributed by atoms with van der Waals surface area (Å²) in [6.07, 6.45) is -0.277. The highest BCUT2D eigenvalue weighted by Crippen LogP contribution is 2.25. The van der Waals surface area contributed by atoms with Crippen LogP contribution >= 0.6 is 23.2 Å². The third kappa shape index (κ3) is 4.94. The van der Waals surface area contributed by atoms with Gasteiger partial charge >= 0.3 is 0 Å². The number of hydrogen-bond donors (Lipinski definition) is 0. The highest BCUT2D eigenvalue weighted by atomic mass is 35.5. The van der Waals surface area contributed by atoms with Gasteiger partial charge in [-0.2, -0.15) is 0 Å². The summed E-state index contributed by atoms with van der Waals surface area (Å²) < 4.78 is 29.9. The smallest absolute Gasteiger partial charge is 0.254 e. The molecule has 2 aromatic carbocycles. The topological polar surface area (TPSA) is 48.0 Å². The number of ether oxygens (including phenoxy) is 3. The lowest BCUT2D eigenvalue weighted by molar-refractivity contribution is -0.0647. The first-order valence-electron chi connectivity index (χ1n) is 8.74. The Balaban J connectivity index is 1.57. The summed E-state index contributed by atoms with van der Waals surface area (Å²) in [4.78, 5) is 14.4. The minimum atomic E-state index is -0.509. The number of amides is 1. The lowest BCUT2D eigenvalue weighted by Crippen LogP contribution is -2.47. The van der Waals surface area contributed by atoms with Crippen LogP contribution < -0.4 is 4.74 Å². The fraction of sp³-hybridized carbons (Fsp3) is 0.350. The molecule has 1 heterocycles. The van der Waals surface area contributed by atoms with Crippen LogP contribution in [0.2, 0.25) is 10.0 Å². The molecule has 0 spiro atoms. The molecule has 1 aliphatic rings. The van der Waals surface area contributed by atoms with Crippen molar-refractivity contribution in [2.75, 3.05) is 33.4 Å². The minimum absolute atomic E-state index is 0.0376. The van der Waals surface area contributed by atoms with Crippen LogP contribution in [0.15, 0.2) is 36.4 Å². The number of morpholine rings is 1. The normalized spacial score (nSPS) is 16.9. The zero-order valence-electron chi connectivity index (χ0n) is 15.3. The number of carbonyl (C=O) groups excluding carboxylic acids is 1. The molecule has 0 radical (unpaired) electrons. The molecule has 0 N–H and O–H groups in total. The van der Waals surface area contributed by atoms with E-state index >= 15 is 0 Å². The predicted octanol–water partition coefficient (Wildman–Crippen LogP) is 4.20. The Labute approximate surface area is 172 Å². The van der Waals surface area contributed by atoms with Crippen LogP contribution in [0.4, 0.5) is 4.39 Å². The van der Waals surface area contributed by atoms with Gasteiger partial charge in [0.05, 0.1) is 33.0 Å². The maximum absolute atomic E-state index is 13.6. The maximum Gasteiger partial charge on any atom is 0.254 e. The van der Waals surface area contributed by atoms with Crippen LogP contribution in [-0.2, 0) is 16.1 Å². The molecule has 1 atom stereocenters. The fourth-order valence-corrected chi connectivity index (χ4v) is 3.45. The third-order valence-corrected chi connectivity index (χ3v) is 5.14. The summed E-state index contributed by atoms with van der Waals surface area (Å²) in [5.41, 5.74) is 1.08. The Morgan fingerprint density at radius 1 is 1.29 bits per heavy atom. The molecule has 5 nitrogen and oxygen atoms in total. The molecule has 0 aromatic heterocycles. The van der Waals surface area contributed by atoms with Crippen LogP contribution in [0.3, 0.4) is 0 Å². The molecule has 0 bridgehead atoms. The molecule has 0 aliphatic carbocycles. The molecule has 3 rings (SSSR count). The monoisotopic (exact) mass is 427 g/mol. The van der Waals surface area contributed by atoms with Gasteiger partial charge in [-0.15, -0.1) is 0 Å². The van der Waals surface area contributed by atoms with Crippen molar-refractivity contribution < 1.29 is 23.4 Å². The van der Waals surface area contributed by atoms with Gasteiger partial charge < -0.3 is 19.1 Å². The van der Waals surface area contributed by atoms with Gasteiger partial charge in [0.15, 0.2) is 11.6 Å². The van der Waals surface area contributed by atoms with E-state index in [0.29, 0.717) is 40.9 Å². The Bertz CT molecular complexity index is 829. The molecule has 1 fully saturated rings. The molecule has 1 aliphatic heterocycles. The van der Waals surface area contributed by atoms with Crippen LogP contribution in [0.5, 0.6) is 5.75 Å². The van der Waals surface area contributed by atoms with E-state index in [1.54, 1.807) is 23.1 Å². The Morgan fingerprint density at radius 3 is 2.75 bits per heavy atom. The Kier molecular flexibility index (Phi) is 7.13. The summed E-state index contributed by atoms with van der Waals surface area (Å²) in [6.45, 7) is 1.75. The number of rotatable bonds is 6. The average molecular weight is 428 g/mol. The number of nitrogens with zero attached hydrogens (tertiary/aromatic N) is 1. The van der Waals surface area contributed by atoms with Crippen LogP contribution in [0.25, 0.3) is 0 Å². The van der Waals surface area contributed by atoms with E-state index in [9.17, 15) is 9.18 Å². The highest BCUT2D eigenvalue weighted by molar-refractivity contribution is 6.35. The van der Waals surface area contributed by atoms with Crippen molar-refractivity contribution in [3.63, 3.8) is 0 Å². The highest BCUT2D eigenvalue weighted by Gasteiger charge is 2.26. The quantitative estimate of drug-likeness (QED) is 0.692. The van der Waals surface area contributed by atoms with E-state index < -0.39 is 5.82 Å². The van der Waals surface area contributed by atoms with Crippen molar-refractivity contribution >= 4 is 29.1 Å². The first kappa shape index (κ1) is 20.9. The summed E-state index contributed by atoms with van der Waals surface area (Å²) in [6, 6.07) is 9.34. The van der Waals surface area contributed by atoms with Gasteiger partial charge in [-0.1, -0.05) is 29.3 Å². The van der Waals surface area contributed by atoms with E-state index in [1.165, 1.54) is 25.3 Å². The molecule has 1 unspecified atom stereocenters. The number of halogens is 3. The Morgan fingerprint density at radius 2 is 2.04 bits per heavy atom. The summed E-state index contributed by atoms with van der Waals surface area (Å²) >= 11 is 12.3. The number of hydrogen-bond acceptors (Lipinski definition) is 4. The molecule has 0 saturated carbocycles. The standard InChI is InChI=1S/C20H20Cl2FNO4/c1-26-19-9-13(5-6-18(19)23)20(25)24-7-8-28-14(10-24)11-27-12-15-16(21)3-2-4-17(15)22/h2-6,9,14H,7-8,10-12H2,1H3. The van der Waals surface area contributed by atoms with Crippen LogP contribution in [-0.4, -0.2) is 50.3 Å². The summed E-state index contributed by atoms with van der Waals surface area (Å²) in [5.74, 6) is -0.679. The number of methoxy groups -OCH3 is 1. The molecule has 2 aromatic rings. The Hall–Kier alpha value is -1.86. The van der Waals surface area contributed by atoms with Crippen LogP contribution in [0, 0.1) is 5.82 Å².